The topological polar surface area (TPSA) is 69.6 Å². The molecule has 2 aromatic carbocycles. The number of pyridine rings is 3. The molecule has 7 rings (SSSR count). The Hall–Kier alpha value is -4.47. The summed E-state index contributed by atoms with van der Waals surface area (Å²) < 4.78 is 59.4. The molecule has 6 nitrogen and oxygen atoms in total. The van der Waals surface area contributed by atoms with E-state index in [9.17, 15) is 17.6 Å². The molecule has 0 N–H and O–H groups in total. The van der Waals surface area contributed by atoms with E-state index in [2.05, 4.69) is 65.8 Å². The van der Waals surface area contributed by atoms with E-state index in [0.717, 1.165) is 33.0 Å². The Bertz CT molecular complexity index is 2150. The van der Waals surface area contributed by atoms with Gasteiger partial charge in [0.25, 0.3) is 0 Å². The SMILES string of the molecule is Cc1cnc(-c2[c-]ccc3c2oc2nc(F)ccc23)cc1CC(C)(C)C.FC(F)(F)c1nc2ccc[c-]c2n1-c1ccccn1.[Ir]. The van der Waals surface area contributed by atoms with Crippen molar-refractivity contribution in [1.29, 1.82) is 0 Å². The first-order valence-corrected chi connectivity index (χ1v) is 14.1. The first-order chi connectivity index (χ1) is 21.4. The fourth-order valence-electron chi connectivity index (χ4n) is 5.11. The molecule has 0 unspecified atom stereocenters. The van der Waals surface area contributed by atoms with Crippen LogP contribution >= 0.6 is 0 Å². The maximum absolute atomic E-state index is 13.5. The zero-order chi connectivity index (χ0) is 31.9. The van der Waals surface area contributed by atoms with E-state index in [0.29, 0.717) is 11.3 Å². The van der Waals surface area contributed by atoms with Gasteiger partial charge in [-0.3, -0.25) is 9.55 Å². The summed E-state index contributed by atoms with van der Waals surface area (Å²) in [6.45, 7) is 8.74. The van der Waals surface area contributed by atoms with Gasteiger partial charge >= 0.3 is 6.18 Å². The Balaban J connectivity index is 0.000000186. The number of hydrogen-bond donors (Lipinski definition) is 0. The second-order valence-electron chi connectivity index (χ2n) is 11.8. The van der Waals surface area contributed by atoms with Crippen molar-refractivity contribution in [1.82, 2.24) is 24.5 Å². The summed E-state index contributed by atoms with van der Waals surface area (Å²) in [6.07, 6.45) is -0.268. The molecule has 0 aliphatic rings. The van der Waals surface area contributed by atoms with Crippen molar-refractivity contribution < 1.29 is 42.1 Å². The van der Waals surface area contributed by atoms with E-state index in [1.165, 1.54) is 35.5 Å². The minimum atomic E-state index is -4.55. The first-order valence-electron chi connectivity index (χ1n) is 14.1. The van der Waals surface area contributed by atoms with Crippen LogP contribution in [0, 0.1) is 30.4 Å². The molecule has 7 aromatic rings. The maximum atomic E-state index is 13.5. The number of furan rings is 1. The van der Waals surface area contributed by atoms with Crippen LogP contribution in [-0.2, 0) is 32.7 Å². The number of alkyl halides is 3. The Morgan fingerprint density at radius 2 is 1.70 bits per heavy atom. The maximum Gasteiger partial charge on any atom is 0.449 e. The normalized spacial score (nSPS) is 11.8. The van der Waals surface area contributed by atoms with Gasteiger partial charge in [-0.1, -0.05) is 49.4 Å². The van der Waals surface area contributed by atoms with Gasteiger partial charge in [-0.25, -0.2) is 4.98 Å². The molecule has 0 bridgehead atoms. The number of para-hydroxylation sites is 1. The molecule has 0 aliphatic heterocycles. The molecule has 0 spiro atoms. The average molecular weight is 802 g/mol. The Morgan fingerprint density at radius 1 is 0.891 bits per heavy atom. The number of benzene rings is 2. The van der Waals surface area contributed by atoms with Gasteiger partial charge in [-0.05, 0) is 65.3 Å². The van der Waals surface area contributed by atoms with E-state index >= 15 is 0 Å². The molecule has 0 atom stereocenters. The first kappa shape index (κ1) is 32.9. The Kier molecular flexibility index (Phi) is 9.11. The van der Waals surface area contributed by atoms with Crippen LogP contribution in [0.15, 0.2) is 83.5 Å². The minimum Gasteiger partial charge on any atom is -0.486 e. The second-order valence-corrected chi connectivity index (χ2v) is 11.8. The summed E-state index contributed by atoms with van der Waals surface area (Å²) in [4.78, 5) is 16.0. The zero-order valence-electron chi connectivity index (χ0n) is 25.2. The molecule has 0 fully saturated rings. The third-order valence-corrected chi connectivity index (χ3v) is 7.06. The summed E-state index contributed by atoms with van der Waals surface area (Å²) in [7, 11) is 0. The van der Waals surface area contributed by atoms with Crippen LogP contribution in [0.3, 0.4) is 0 Å². The standard InChI is InChI=1S/C22H20FN2O.C13H7F3N3.Ir/c1-13-12-24-18(10-14(13)11-22(2,3)4)17-7-5-6-15-16-8-9-19(23)25-21(16)26-20(15)17;14-13(15,16)12-18-9-5-1-2-6-10(9)19(12)11-7-3-4-8-17-11;/h5-6,8-10,12H,11H2,1-4H3;1-5,7-8H;/q2*-1;. The molecule has 237 valence electrons. The molecule has 11 heteroatoms. The van der Waals surface area contributed by atoms with Crippen LogP contribution in [0.5, 0.6) is 0 Å². The average Bonchev–Trinajstić information content (AvgIpc) is 3.57. The van der Waals surface area contributed by atoms with Crippen molar-refractivity contribution in [2.75, 3.05) is 0 Å². The number of imidazole rings is 1. The summed E-state index contributed by atoms with van der Waals surface area (Å²) in [5.41, 5.74) is 5.61. The van der Waals surface area contributed by atoms with E-state index in [4.69, 9.17) is 4.42 Å². The van der Waals surface area contributed by atoms with E-state index in [1.54, 1.807) is 30.3 Å². The smallest absolute Gasteiger partial charge is 0.449 e. The fourth-order valence-corrected chi connectivity index (χ4v) is 5.11. The molecule has 0 saturated heterocycles. The number of fused-ring (bicyclic) bond motifs is 4. The predicted molar refractivity (Wildman–Crippen MR) is 164 cm³/mol. The molecule has 5 heterocycles. The van der Waals surface area contributed by atoms with Gasteiger partial charge in [0, 0.05) is 37.9 Å². The molecular weight excluding hydrogens is 775 g/mol. The predicted octanol–water partition coefficient (Wildman–Crippen LogP) is 9.12. The number of nitrogens with zero attached hydrogens (tertiary/aromatic N) is 5. The largest absolute Gasteiger partial charge is 0.486 e. The molecule has 0 aliphatic carbocycles. The number of rotatable bonds is 3. The van der Waals surface area contributed by atoms with Crippen molar-refractivity contribution in [2.45, 2.75) is 40.3 Å². The molecule has 46 heavy (non-hydrogen) atoms. The monoisotopic (exact) mass is 802 g/mol. The van der Waals surface area contributed by atoms with Crippen LogP contribution in [0.25, 0.3) is 50.2 Å². The van der Waals surface area contributed by atoms with Crippen LogP contribution in [0.1, 0.15) is 37.7 Å². The van der Waals surface area contributed by atoms with Crippen LogP contribution < -0.4 is 0 Å². The van der Waals surface area contributed by atoms with E-state index in [1.807, 2.05) is 18.3 Å². The third-order valence-electron chi connectivity index (χ3n) is 7.06. The van der Waals surface area contributed by atoms with Gasteiger partial charge < -0.3 is 9.40 Å². The van der Waals surface area contributed by atoms with Gasteiger partial charge in [-0.15, -0.1) is 24.3 Å². The molecule has 0 saturated carbocycles. The Labute approximate surface area is 275 Å². The fraction of sp³-hybridized carbons (Fsp3) is 0.200. The quantitative estimate of drug-likeness (QED) is 0.101. The van der Waals surface area contributed by atoms with Crippen LogP contribution in [0.2, 0.25) is 0 Å². The Morgan fingerprint density at radius 3 is 2.41 bits per heavy atom. The van der Waals surface area contributed by atoms with Crippen LogP contribution in [0.4, 0.5) is 17.6 Å². The van der Waals surface area contributed by atoms with Crippen molar-refractivity contribution in [3.63, 3.8) is 0 Å². The molecule has 5 aromatic heterocycles. The van der Waals surface area contributed by atoms with Crippen LogP contribution in [-0.4, -0.2) is 24.5 Å². The van der Waals surface area contributed by atoms with Gasteiger partial charge in [0.1, 0.15) is 5.82 Å². The second kappa shape index (κ2) is 12.7. The van der Waals surface area contributed by atoms with Gasteiger partial charge in [0.05, 0.1) is 5.58 Å². The van der Waals surface area contributed by atoms with Gasteiger partial charge in [0.2, 0.25) is 17.5 Å². The number of aryl methyl sites for hydroxylation is 1. The van der Waals surface area contributed by atoms with E-state index < -0.39 is 17.9 Å². The van der Waals surface area contributed by atoms with Crippen molar-refractivity contribution in [2.24, 2.45) is 5.41 Å². The number of halogens is 4. The number of aromatic nitrogens is 5. The van der Waals surface area contributed by atoms with Crippen molar-refractivity contribution >= 4 is 33.1 Å². The van der Waals surface area contributed by atoms with E-state index in [-0.39, 0.29) is 42.4 Å². The van der Waals surface area contributed by atoms with Gasteiger partial charge in [0.15, 0.2) is 0 Å². The van der Waals surface area contributed by atoms with Gasteiger partial charge in [-0.2, -0.15) is 40.7 Å². The molecule has 1 radical (unpaired) electrons. The summed E-state index contributed by atoms with van der Waals surface area (Å²) in [5.74, 6) is -1.38. The minimum absolute atomic E-state index is 0. The number of hydrogen-bond acceptors (Lipinski definition) is 5. The molecule has 0 amide bonds. The summed E-state index contributed by atoms with van der Waals surface area (Å²) in [5, 5.41) is 1.68. The van der Waals surface area contributed by atoms with Crippen molar-refractivity contribution in [3.8, 4) is 17.1 Å². The summed E-state index contributed by atoms with van der Waals surface area (Å²) >= 11 is 0. The molecular formula is C35H27F4IrN5O-2. The third kappa shape index (κ3) is 6.71. The summed E-state index contributed by atoms with van der Waals surface area (Å²) in [6, 6.07) is 24.3. The van der Waals surface area contributed by atoms with Crippen molar-refractivity contribution in [3.05, 3.63) is 114 Å². The zero-order valence-corrected chi connectivity index (χ0v) is 27.6.